The Bertz CT molecular complexity index is 221. The monoisotopic (exact) mass is 222 g/mol. The zero-order valence-corrected chi connectivity index (χ0v) is 8.20. The summed E-state index contributed by atoms with van der Waals surface area (Å²) in [7, 11) is 0. The lowest BCUT2D eigenvalue weighted by atomic mass is 10.0. The van der Waals surface area contributed by atoms with Crippen LogP contribution in [0, 0.1) is 0 Å². The number of nitrogens with one attached hydrogen (secondary N) is 1. The van der Waals surface area contributed by atoms with E-state index >= 15 is 0 Å². The molecule has 0 aliphatic carbocycles. The quantitative estimate of drug-likeness (QED) is 0.237. The third-order valence-corrected chi connectivity index (χ3v) is 1.82. The van der Waals surface area contributed by atoms with Crippen LogP contribution in [0.4, 0.5) is 0 Å². The smallest absolute Gasteiger partial charge is 0.217 e. The minimum atomic E-state index is -1.71. The number of aldehydes is 1. The van der Waals surface area contributed by atoms with Crippen LogP contribution >= 0.6 is 0 Å². The van der Waals surface area contributed by atoms with Crippen LogP contribution in [0.2, 0.25) is 0 Å². The van der Waals surface area contributed by atoms with Crippen molar-refractivity contribution in [1.82, 2.24) is 5.32 Å². The molecule has 7 heteroatoms. The number of aliphatic hydroxyl groups excluding tert-OH is 4. The molecule has 4 atom stereocenters. The second kappa shape index (κ2) is 6.46. The standard InChI is InChI=1S/C8H15NO6/c1-4(12)9-5(2-10)7(14)8(15)6(13)3-11/h2,5-8,11,13-15H,3H2,1H3,(H,9,12)/t5-,6+,7+,8+/m0/s1/i9+1. The zero-order chi connectivity index (χ0) is 12.0. The topological polar surface area (TPSA) is 127 Å². The zero-order valence-electron chi connectivity index (χ0n) is 8.20. The second-order valence-electron chi connectivity index (χ2n) is 3.09. The Morgan fingerprint density at radius 1 is 1.33 bits per heavy atom. The van der Waals surface area contributed by atoms with Crippen molar-refractivity contribution in [2.24, 2.45) is 0 Å². The van der Waals surface area contributed by atoms with Crippen LogP contribution in [-0.2, 0) is 9.59 Å². The predicted molar refractivity (Wildman–Crippen MR) is 48.8 cm³/mol. The molecule has 0 bridgehead atoms. The summed E-state index contributed by atoms with van der Waals surface area (Å²) in [5.41, 5.74) is 0. The maximum absolute atomic E-state index is 10.6. The van der Waals surface area contributed by atoms with Gasteiger partial charge in [0.25, 0.3) is 0 Å². The van der Waals surface area contributed by atoms with E-state index in [0.29, 0.717) is 0 Å². The molecule has 0 aliphatic rings. The van der Waals surface area contributed by atoms with E-state index in [1.165, 1.54) is 0 Å². The summed E-state index contributed by atoms with van der Waals surface area (Å²) in [6, 6.07) is -1.32. The molecule has 0 rings (SSSR count). The van der Waals surface area contributed by atoms with Crippen LogP contribution in [0.5, 0.6) is 0 Å². The van der Waals surface area contributed by atoms with Crippen LogP contribution in [0.15, 0.2) is 0 Å². The number of rotatable bonds is 6. The van der Waals surface area contributed by atoms with Crippen LogP contribution in [0.1, 0.15) is 6.92 Å². The van der Waals surface area contributed by atoms with Gasteiger partial charge in [-0.15, -0.1) is 0 Å². The van der Waals surface area contributed by atoms with E-state index in [1.807, 2.05) is 0 Å². The van der Waals surface area contributed by atoms with E-state index in [4.69, 9.17) is 10.2 Å². The van der Waals surface area contributed by atoms with Gasteiger partial charge in [-0.3, -0.25) is 4.79 Å². The van der Waals surface area contributed by atoms with Gasteiger partial charge in [0.05, 0.1) is 6.61 Å². The van der Waals surface area contributed by atoms with E-state index in [0.717, 1.165) is 6.92 Å². The Balaban J connectivity index is 4.42. The number of carbonyl (C=O) groups is 2. The van der Waals surface area contributed by atoms with Gasteiger partial charge in [0, 0.05) is 6.92 Å². The molecule has 0 aromatic heterocycles. The summed E-state index contributed by atoms with van der Waals surface area (Å²) in [6.45, 7) is 0.377. The van der Waals surface area contributed by atoms with Crippen LogP contribution in [-0.4, -0.2) is 63.6 Å². The Kier molecular flexibility index (Phi) is 6.02. The lowest BCUT2D eigenvalue weighted by molar-refractivity contribution is -0.129. The fourth-order valence-corrected chi connectivity index (χ4v) is 0.983. The highest BCUT2D eigenvalue weighted by Crippen LogP contribution is 2.03. The first-order valence-electron chi connectivity index (χ1n) is 4.31. The molecular formula is C8H15NO6. The normalized spacial score (nSPS) is 18.7. The molecule has 0 aliphatic heterocycles. The first-order chi connectivity index (χ1) is 6.93. The maximum atomic E-state index is 10.6. The lowest BCUT2D eigenvalue weighted by Gasteiger charge is -2.25. The van der Waals surface area contributed by atoms with Crippen molar-refractivity contribution in [3.8, 4) is 0 Å². The van der Waals surface area contributed by atoms with Gasteiger partial charge in [-0.1, -0.05) is 0 Å². The van der Waals surface area contributed by atoms with Gasteiger partial charge >= 0.3 is 0 Å². The SMILES string of the molecule is CC(=O)[15NH][C@@H](C=O)[C@@H](O)[C@H](O)[C@H](O)CO. The fourth-order valence-electron chi connectivity index (χ4n) is 0.983. The Morgan fingerprint density at radius 2 is 1.87 bits per heavy atom. The molecule has 0 aromatic carbocycles. The number of hydrogen-bond acceptors (Lipinski definition) is 6. The minimum Gasteiger partial charge on any atom is -0.394 e. The van der Waals surface area contributed by atoms with Gasteiger partial charge < -0.3 is 30.5 Å². The van der Waals surface area contributed by atoms with Crippen LogP contribution in [0.25, 0.3) is 0 Å². The molecule has 0 saturated carbocycles. The molecule has 0 heterocycles. The highest BCUT2D eigenvalue weighted by atomic mass is 16.4. The van der Waals surface area contributed by atoms with Gasteiger partial charge in [-0.2, -0.15) is 0 Å². The van der Waals surface area contributed by atoms with E-state index < -0.39 is 36.9 Å². The highest BCUT2D eigenvalue weighted by molar-refractivity contribution is 5.77. The summed E-state index contributed by atoms with van der Waals surface area (Å²) >= 11 is 0. The molecular weight excluding hydrogens is 207 g/mol. The lowest BCUT2D eigenvalue weighted by Crippen LogP contribution is -2.53. The average molecular weight is 222 g/mol. The number of carbonyl (C=O) groups excluding carboxylic acids is 2. The second-order valence-corrected chi connectivity index (χ2v) is 3.09. The van der Waals surface area contributed by atoms with Crippen LogP contribution < -0.4 is 5.32 Å². The maximum Gasteiger partial charge on any atom is 0.217 e. The van der Waals surface area contributed by atoms with Crippen molar-refractivity contribution >= 4 is 12.2 Å². The Hall–Kier alpha value is -1.02. The van der Waals surface area contributed by atoms with E-state index in [1.54, 1.807) is 0 Å². The molecule has 0 fully saturated rings. The number of amides is 1. The van der Waals surface area contributed by atoms with Gasteiger partial charge in [-0.25, -0.2) is 0 Å². The summed E-state index contributed by atoms with van der Waals surface area (Å²) in [4.78, 5) is 21.1. The largest absolute Gasteiger partial charge is 0.394 e. The Labute approximate surface area is 86.3 Å². The van der Waals surface area contributed by atoms with Gasteiger partial charge in [0.15, 0.2) is 0 Å². The van der Waals surface area contributed by atoms with E-state index in [2.05, 4.69) is 5.32 Å². The fraction of sp³-hybridized carbons (Fsp3) is 0.750. The molecule has 7 nitrogen and oxygen atoms in total. The van der Waals surface area contributed by atoms with E-state index in [9.17, 15) is 19.8 Å². The van der Waals surface area contributed by atoms with E-state index in [-0.39, 0.29) is 6.29 Å². The molecule has 0 aromatic rings. The predicted octanol–water partition coefficient (Wildman–Crippen LogP) is -3.23. The molecule has 15 heavy (non-hydrogen) atoms. The van der Waals surface area contributed by atoms with Crippen molar-refractivity contribution in [2.75, 3.05) is 6.61 Å². The van der Waals surface area contributed by atoms with Gasteiger partial charge in [-0.05, 0) is 0 Å². The van der Waals surface area contributed by atoms with Gasteiger partial charge in [0.1, 0.15) is 30.6 Å². The third-order valence-electron chi connectivity index (χ3n) is 1.82. The third kappa shape index (κ3) is 4.34. The van der Waals surface area contributed by atoms with Crippen LogP contribution in [0.3, 0.4) is 0 Å². The van der Waals surface area contributed by atoms with Crippen molar-refractivity contribution in [3.63, 3.8) is 0 Å². The molecule has 0 radical (unpaired) electrons. The number of aliphatic hydroxyl groups is 4. The minimum absolute atomic E-state index is 0.235. The molecule has 0 spiro atoms. The van der Waals surface area contributed by atoms with Crippen molar-refractivity contribution in [2.45, 2.75) is 31.3 Å². The molecule has 1 amide bonds. The van der Waals surface area contributed by atoms with Crippen molar-refractivity contribution in [3.05, 3.63) is 0 Å². The van der Waals surface area contributed by atoms with Gasteiger partial charge in [0.2, 0.25) is 5.91 Å². The van der Waals surface area contributed by atoms with Crippen molar-refractivity contribution in [1.29, 1.82) is 0 Å². The first kappa shape index (κ1) is 14.0. The summed E-state index contributed by atoms with van der Waals surface area (Å²) in [5.74, 6) is -0.558. The molecule has 5 N–H and O–H groups in total. The summed E-state index contributed by atoms with van der Waals surface area (Å²) < 4.78 is 0. The van der Waals surface area contributed by atoms with Crippen molar-refractivity contribution < 1.29 is 30.0 Å². The molecule has 0 saturated heterocycles. The summed E-state index contributed by atoms with van der Waals surface area (Å²) in [6.07, 6.45) is -4.72. The first-order valence-corrected chi connectivity index (χ1v) is 4.31. The molecule has 0 unspecified atom stereocenters. The average Bonchev–Trinajstić information content (AvgIpc) is 2.22. The molecule has 88 valence electrons. The summed E-state index contributed by atoms with van der Waals surface area (Å²) in [5, 5.41) is 38.2. The number of hydrogen-bond donors (Lipinski definition) is 5. The highest BCUT2D eigenvalue weighted by Gasteiger charge is 2.31. The Morgan fingerprint density at radius 3 is 2.20 bits per heavy atom.